The summed E-state index contributed by atoms with van der Waals surface area (Å²) in [5.41, 5.74) is 1.19. The van der Waals surface area contributed by atoms with Crippen molar-refractivity contribution in [3.8, 4) is 11.5 Å². The Morgan fingerprint density at radius 1 is 1.19 bits per heavy atom. The number of carbonyl (C=O) groups excluding carboxylic acids is 1. The minimum absolute atomic E-state index is 0.0200. The largest absolute Gasteiger partial charge is 0.461 e. The van der Waals surface area contributed by atoms with Crippen molar-refractivity contribution in [1.82, 2.24) is 9.46 Å². The number of hydrogen-bond acceptors (Lipinski definition) is 7. The summed E-state index contributed by atoms with van der Waals surface area (Å²) in [7, 11) is -0.801. The lowest BCUT2D eigenvalue weighted by molar-refractivity contribution is 0.0463. The second-order valence-electron chi connectivity index (χ2n) is 6.00. The number of benzene rings is 1. The second-order valence-corrected chi connectivity index (χ2v) is 8.15. The van der Waals surface area contributed by atoms with Gasteiger partial charge in [-0.15, -0.1) is 0 Å². The lowest BCUT2D eigenvalue weighted by Gasteiger charge is -2.13. The molecule has 9 heteroatoms. The molecule has 8 nitrogen and oxygen atoms in total. The Bertz CT molecular complexity index is 1050. The first-order chi connectivity index (χ1) is 12.8. The number of aromatic nitrogens is 1. The molecule has 2 heterocycles. The van der Waals surface area contributed by atoms with Crippen molar-refractivity contribution in [2.75, 3.05) is 14.1 Å². The molecular formula is C18H18N2O6S. The van der Waals surface area contributed by atoms with Crippen LogP contribution in [0.15, 0.2) is 56.5 Å². The number of aryl methyl sites for hydroxylation is 1. The van der Waals surface area contributed by atoms with Crippen LogP contribution in [0, 0.1) is 6.92 Å². The maximum atomic E-state index is 12.4. The molecule has 0 unspecified atom stereocenters. The zero-order chi connectivity index (χ0) is 19.6. The first-order valence-electron chi connectivity index (χ1n) is 7.99. The maximum Gasteiger partial charge on any atom is 0.338 e. The Kier molecular flexibility index (Phi) is 5.15. The molecule has 0 aliphatic heterocycles. The molecular weight excluding hydrogens is 372 g/mol. The van der Waals surface area contributed by atoms with Crippen LogP contribution in [0.4, 0.5) is 0 Å². The van der Waals surface area contributed by atoms with Crippen molar-refractivity contribution in [2.45, 2.75) is 18.4 Å². The lowest BCUT2D eigenvalue weighted by atomic mass is 10.1. The molecule has 3 rings (SSSR count). The zero-order valence-electron chi connectivity index (χ0n) is 15.0. The van der Waals surface area contributed by atoms with Gasteiger partial charge in [0.1, 0.15) is 12.3 Å². The highest BCUT2D eigenvalue weighted by Crippen LogP contribution is 2.22. The lowest BCUT2D eigenvalue weighted by Crippen LogP contribution is -2.22. The molecule has 0 radical (unpaired) electrons. The summed E-state index contributed by atoms with van der Waals surface area (Å²) < 4.78 is 41.2. The highest BCUT2D eigenvalue weighted by Gasteiger charge is 2.21. The molecule has 0 amide bonds. The quantitative estimate of drug-likeness (QED) is 0.596. The van der Waals surface area contributed by atoms with Crippen LogP contribution < -0.4 is 0 Å². The number of sulfonamides is 1. The summed E-state index contributed by atoms with van der Waals surface area (Å²) in [6.07, 6.45) is 1.51. The van der Waals surface area contributed by atoms with E-state index in [0.717, 1.165) is 4.31 Å². The zero-order valence-corrected chi connectivity index (χ0v) is 15.8. The fraction of sp³-hybridized carbons (Fsp3) is 0.222. The third-order valence-electron chi connectivity index (χ3n) is 3.88. The molecule has 0 aliphatic carbocycles. The van der Waals surface area contributed by atoms with Gasteiger partial charge in [-0.05, 0) is 36.8 Å². The summed E-state index contributed by atoms with van der Waals surface area (Å²) >= 11 is 0. The van der Waals surface area contributed by atoms with E-state index in [1.807, 2.05) is 0 Å². The predicted octanol–water partition coefficient (Wildman–Crippen LogP) is 2.85. The highest BCUT2D eigenvalue weighted by molar-refractivity contribution is 7.89. The fourth-order valence-corrected chi connectivity index (χ4v) is 3.25. The average molecular weight is 390 g/mol. The highest BCUT2D eigenvalue weighted by atomic mass is 32.2. The van der Waals surface area contributed by atoms with Gasteiger partial charge < -0.3 is 13.7 Å². The number of furan rings is 1. The number of esters is 1. The van der Waals surface area contributed by atoms with Crippen LogP contribution in [0.2, 0.25) is 0 Å². The Hall–Kier alpha value is -2.91. The second kappa shape index (κ2) is 7.37. The van der Waals surface area contributed by atoms with Crippen LogP contribution in [-0.4, -0.2) is 37.9 Å². The van der Waals surface area contributed by atoms with E-state index in [4.69, 9.17) is 13.7 Å². The Balaban J connectivity index is 1.75. The van der Waals surface area contributed by atoms with Gasteiger partial charge in [0.05, 0.1) is 16.7 Å². The van der Waals surface area contributed by atoms with Crippen molar-refractivity contribution in [2.24, 2.45) is 0 Å². The molecule has 0 N–H and O–H groups in total. The van der Waals surface area contributed by atoms with E-state index in [-0.39, 0.29) is 17.1 Å². The number of nitrogens with zero attached hydrogens (tertiary/aromatic N) is 2. The van der Waals surface area contributed by atoms with Crippen LogP contribution >= 0.6 is 0 Å². The van der Waals surface area contributed by atoms with Gasteiger partial charge >= 0.3 is 5.97 Å². The fourth-order valence-electron chi connectivity index (χ4n) is 2.32. The third-order valence-corrected chi connectivity index (χ3v) is 5.69. The van der Waals surface area contributed by atoms with E-state index in [1.165, 1.54) is 32.5 Å². The molecule has 3 aromatic rings. The summed E-state index contributed by atoms with van der Waals surface area (Å²) in [5.74, 6) is 0.282. The Morgan fingerprint density at radius 3 is 2.63 bits per heavy atom. The number of carbonyl (C=O) groups is 1. The van der Waals surface area contributed by atoms with E-state index in [1.54, 1.807) is 31.2 Å². The molecule has 27 heavy (non-hydrogen) atoms. The molecule has 0 bridgehead atoms. The monoisotopic (exact) mass is 390 g/mol. The van der Waals surface area contributed by atoms with Crippen LogP contribution in [0.5, 0.6) is 0 Å². The van der Waals surface area contributed by atoms with E-state index >= 15 is 0 Å². The molecule has 1 aromatic carbocycles. The van der Waals surface area contributed by atoms with Gasteiger partial charge in [-0.1, -0.05) is 11.2 Å². The predicted molar refractivity (Wildman–Crippen MR) is 95.4 cm³/mol. The molecule has 0 saturated carbocycles. The topological polar surface area (TPSA) is 103 Å². The van der Waals surface area contributed by atoms with E-state index in [0.29, 0.717) is 22.8 Å². The average Bonchev–Trinajstić information content (AvgIpc) is 3.31. The van der Waals surface area contributed by atoms with Crippen molar-refractivity contribution in [1.29, 1.82) is 0 Å². The molecule has 0 spiro atoms. The summed E-state index contributed by atoms with van der Waals surface area (Å²) in [6.45, 7) is 1.58. The number of hydrogen-bond donors (Lipinski definition) is 0. The van der Waals surface area contributed by atoms with E-state index < -0.39 is 16.0 Å². The molecule has 0 aliphatic rings. The van der Waals surface area contributed by atoms with Gasteiger partial charge in [0.15, 0.2) is 5.76 Å². The molecule has 0 fully saturated rings. The van der Waals surface area contributed by atoms with Crippen molar-refractivity contribution < 1.29 is 26.9 Å². The van der Waals surface area contributed by atoms with Gasteiger partial charge in [0, 0.05) is 20.2 Å². The summed E-state index contributed by atoms with van der Waals surface area (Å²) in [5, 5.41) is 3.83. The van der Waals surface area contributed by atoms with Crippen LogP contribution in [0.1, 0.15) is 21.6 Å². The first kappa shape index (κ1) is 18.9. The third kappa shape index (κ3) is 3.93. The first-order valence-corrected chi connectivity index (χ1v) is 9.43. The van der Waals surface area contributed by atoms with Crippen LogP contribution in [0.3, 0.4) is 0 Å². The summed E-state index contributed by atoms with van der Waals surface area (Å²) in [4.78, 5) is 12.4. The van der Waals surface area contributed by atoms with Gasteiger partial charge in [0.2, 0.25) is 15.8 Å². The van der Waals surface area contributed by atoms with Crippen LogP contribution in [-0.2, 0) is 21.4 Å². The van der Waals surface area contributed by atoms with Crippen molar-refractivity contribution in [3.05, 3.63) is 59.5 Å². The van der Waals surface area contributed by atoms with Gasteiger partial charge in [-0.25, -0.2) is 17.5 Å². The Labute approximate surface area is 156 Å². The summed E-state index contributed by atoms with van der Waals surface area (Å²) in [6, 6.07) is 9.37. The normalized spacial score (nSPS) is 11.7. The van der Waals surface area contributed by atoms with Crippen LogP contribution in [0.25, 0.3) is 11.5 Å². The van der Waals surface area contributed by atoms with Gasteiger partial charge in [-0.2, -0.15) is 0 Å². The van der Waals surface area contributed by atoms with Crippen molar-refractivity contribution >= 4 is 16.0 Å². The molecule has 0 saturated heterocycles. The minimum Gasteiger partial charge on any atom is -0.461 e. The SMILES string of the molecule is Cc1ccc(S(=O)(=O)N(C)C)cc1C(=O)OCc1cc(-c2ccco2)on1. The molecule has 0 atom stereocenters. The van der Waals surface area contributed by atoms with Gasteiger partial charge in [-0.3, -0.25) is 0 Å². The van der Waals surface area contributed by atoms with Gasteiger partial charge in [0.25, 0.3) is 0 Å². The van der Waals surface area contributed by atoms with E-state index in [2.05, 4.69) is 5.16 Å². The molecule has 142 valence electrons. The standard InChI is InChI=1S/C18H18N2O6S/c1-12-6-7-14(27(22,23)20(2)3)10-15(12)18(21)25-11-13-9-17(26-19-13)16-5-4-8-24-16/h4-10H,11H2,1-3H3. The maximum absolute atomic E-state index is 12.4. The van der Waals surface area contributed by atoms with Crippen molar-refractivity contribution in [3.63, 3.8) is 0 Å². The Morgan fingerprint density at radius 2 is 1.96 bits per heavy atom. The van der Waals surface area contributed by atoms with E-state index in [9.17, 15) is 13.2 Å². The smallest absolute Gasteiger partial charge is 0.338 e. The minimum atomic E-state index is -3.65. The molecule has 2 aromatic heterocycles. The number of rotatable bonds is 6. The number of ether oxygens (including phenoxy) is 1.